The van der Waals surface area contributed by atoms with Crippen molar-refractivity contribution in [2.24, 2.45) is 0 Å². The van der Waals surface area contributed by atoms with Gasteiger partial charge in [-0.1, -0.05) is 11.6 Å². The molecule has 90 valence electrons. The van der Waals surface area contributed by atoms with Gasteiger partial charge in [0.1, 0.15) is 13.6 Å². The van der Waals surface area contributed by atoms with Crippen LogP contribution in [-0.2, 0) is 6.42 Å². The second-order valence-corrected chi connectivity index (χ2v) is 4.82. The van der Waals surface area contributed by atoms with Crippen LogP contribution in [0.5, 0.6) is 0 Å². The first-order chi connectivity index (χ1) is 7.68. The Hall–Kier alpha value is -0.550. The normalized spacial score (nSPS) is 14.8. The van der Waals surface area contributed by atoms with Crippen LogP contribution in [0.25, 0.3) is 10.9 Å². The SMILES string of the molecule is CC1=[N+](C)CCc2c[nH]c3c(Cl)ccc1c23.[I-]. The van der Waals surface area contributed by atoms with E-state index in [1.807, 2.05) is 6.07 Å². The molecule has 2 aromatic rings. The van der Waals surface area contributed by atoms with Crippen LogP contribution in [-0.4, -0.2) is 28.9 Å². The Morgan fingerprint density at radius 1 is 1.35 bits per heavy atom. The molecule has 1 aromatic heterocycles. The van der Waals surface area contributed by atoms with E-state index in [4.69, 9.17) is 11.6 Å². The maximum Gasteiger partial charge on any atom is 0.180 e. The molecule has 0 saturated carbocycles. The lowest BCUT2D eigenvalue weighted by Crippen LogP contribution is -3.00. The highest BCUT2D eigenvalue weighted by molar-refractivity contribution is 6.36. The zero-order valence-electron chi connectivity index (χ0n) is 9.85. The number of aromatic nitrogens is 1. The van der Waals surface area contributed by atoms with E-state index in [0.717, 1.165) is 23.5 Å². The number of nitrogens with one attached hydrogen (secondary N) is 1. The highest BCUT2D eigenvalue weighted by Crippen LogP contribution is 2.30. The van der Waals surface area contributed by atoms with Crippen LogP contribution in [0.4, 0.5) is 0 Å². The zero-order chi connectivity index (χ0) is 11.3. The third kappa shape index (κ3) is 1.89. The van der Waals surface area contributed by atoms with Crippen LogP contribution in [0.1, 0.15) is 18.1 Å². The Balaban J connectivity index is 0.00000108. The number of halogens is 2. The van der Waals surface area contributed by atoms with Crippen molar-refractivity contribution in [3.63, 3.8) is 0 Å². The molecule has 0 saturated heterocycles. The van der Waals surface area contributed by atoms with Crippen molar-refractivity contribution in [1.82, 2.24) is 4.98 Å². The van der Waals surface area contributed by atoms with Gasteiger partial charge in [-0.15, -0.1) is 0 Å². The minimum atomic E-state index is 0. The minimum Gasteiger partial charge on any atom is -1.00 e. The van der Waals surface area contributed by atoms with Crippen molar-refractivity contribution in [2.75, 3.05) is 13.6 Å². The second kappa shape index (κ2) is 4.61. The number of likely N-dealkylation sites (N-methyl/N-ethyl adjacent to an activating group) is 1. The fourth-order valence-corrected chi connectivity index (χ4v) is 2.66. The summed E-state index contributed by atoms with van der Waals surface area (Å²) in [7, 11) is 2.14. The molecule has 2 nitrogen and oxygen atoms in total. The Labute approximate surface area is 123 Å². The quantitative estimate of drug-likeness (QED) is 0.497. The Morgan fingerprint density at radius 3 is 2.88 bits per heavy atom. The molecule has 0 fully saturated rings. The lowest BCUT2D eigenvalue weighted by atomic mass is 10.0. The summed E-state index contributed by atoms with van der Waals surface area (Å²) in [4.78, 5) is 3.29. The molecule has 0 amide bonds. The summed E-state index contributed by atoms with van der Waals surface area (Å²) in [5, 5.41) is 2.11. The fraction of sp³-hybridized carbons (Fsp3) is 0.308. The summed E-state index contributed by atoms with van der Waals surface area (Å²) in [5.41, 5.74) is 5.07. The van der Waals surface area contributed by atoms with Crippen molar-refractivity contribution in [1.29, 1.82) is 0 Å². The minimum absolute atomic E-state index is 0. The lowest BCUT2D eigenvalue weighted by molar-refractivity contribution is -0.496. The van der Waals surface area contributed by atoms with Crippen LogP contribution in [0.3, 0.4) is 0 Å². The summed E-state index contributed by atoms with van der Waals surface area (Å²) in [6.07, 6.45) is 3.16. The van der Waals surface area contributed by atoms with E-state index < -0.39 is 0 Å². The molecule has 0 atom stereocenters. The Kier molecular flexibility index (Phi) is 3.50. The van der Waals surface area contributed by atoms with Gasteiger partial charge >= 0.3 is 0 Å². The van der Waals surface area contributed by atoms with E-state index in [1.165, 1.54) is 22.2 Å². The number of benzene rings is 1. The van der Waals surface area contributed by atoms with Crippen LogP contribution >= 0.6 is 11.6 Å². The molecular weight excluding hydrogens is 347 g/mol. The van der Waals surface area contributed by atoms with E-state index in [2.05, 4.69) is 35.8 Å². The highest BCUT2D eigenvalue weighted by atomic mass is 127. The molecule has 0 bridgehead atoms. The first-order valence-electron chi connectivity index (χ1n) is 5.52. The second-order valence-electron chi connectivity index (χ2n) is 4.42. The average molecular weight is 361 g/mol. The fourth-order valence-electron chi connectivity index (χ4n) is 2.44. The molecule has 1 N–H and O–H groups in total. The predicted octanol–water partition coefficient (Wildman–Crippen LogP) is -0.167. The van der Waals surface area contributed by atoms with Gasteiger partial charge in [-0.05, 0) is 17.7 Å². The molecule has 3 rings (SSSR count). The molecule has 2 heterocycles. The first-order valence-corrected chi connectivity index (χ1v) is 5.90. The molecule has 1 aliphatic heterocycles. The predicted molar refractivity (Wildman–Crippen MR) is 67.8 cm³/mol. The summed E-state index contributed by atoms with van der Waals surface area (Å²) in [6.45, 7) is 3.23. The Bertz CT molecular complexity index is 613. The first kappa shape index (κ1) is 12.9. The number of nitrogens with zero attached hydrogens (tertiary/aromatic N) is 1. The van der Waals surface area contributed by atoms with Gasteiger partial charge in [0.05, 0.1) is 16.1 Å². The van der Waals surface area contributed by atoms with E-state index in [9.17, 15) is 0 Å². The van der Waals surface area contributed by atoms with Gasteiger partial charge < -0.3 is 29.0 Å². The van der Waals surface area contributed by atoms with Crippen molar-refractivity contribution in [3.05, 3.63) is 34.5 Å². The van der Waals surface area contributed by atoms with E-state index in [-0.39, 0.29) is 24.0 Å². The van der Waals surface area contributed by atoms with Gasteiger partial charge in [0.2, 0.25) is 0 Å². The Morgan fingerprint density at radius 2 is 2.12 bits per heavy atom. The molecule has 1 aliphatic rings. The number of aromatic amines is 1. The van der Waals surface area contributed by atoms with E-state index in [0.29, 0.717) is 0 Å². The third-order valence-corrected chi connectivity index (χ3v) is 3.86. The van der Waals surface area contributed by atoms with Crippen LogP contribution in [0.15, 0.2) is 18.3 Å². The molecular formula is C13H14ClIN2. The van der Waals surface area contributed by atoms with Crippen molar-refractivity contribution in [3.8, 4) is 0 Å². The number of hydrogen-bond donors (Lipinski definition) is 1. The van der Waals surface area contributed by atoms with Crippen molar-refractivity contribution in [2.45, 2.75) is 13.3 Å². The van der Waals surface area contributed by atoms with Crippen molar-refractivity contribution >= 4 is 28.2 Å². The smallest absolute Gasteiger partial charge is 0.180 e. The van der Waals surface area contributed by atoms with Crippen LogP contribution < -0.4 is 24.0 Å². The number of H-pyrrole nitrogens is 1. The van der Waals surface area contributed by atoms with Crippen LogP contribution in [0.2, 0.25) is 5.02 Å². The molecule has 0 aliphatic carbocycles. The van der Waals surface area contributed by atoms with E-state index in [1.54, 1.807) is 0 Å². The van der Waals surface area contributed by atoms with Crippen molar-refractivity contribution < 1.29 is 28.6 Å². The molecule has 0 unspecified atom stereocenters. The molecule has 0 radical (unpaired) electrons. The lowest BCUT2D eigenvalue weighted by Gasteiger charge is -2.02. The van der Waals surface area contributed by atoms with Crippen LogP contribution in [0, 0.1) is 0 Å². The number of hydrogen-bond acceptors (Lipinski definition) is 0. The van der Waals surface area contributed by atoms with Gasteiger partial charge in [0.25, 0.3) is 0 Å². The van der Waals surface area contributed by atoms with E-state index >= 15 is 0 Å². The summed E-state index contributed by atoms with van der Waals surface area (Å²) >= 11 is 6.21. The zero-order valence-corrected chi connectivity index (χ0v) is 12.8. The molecule has 4 heteroatoms. The average Bonchev–Trinajstić information content (AvgIpc) is 2.66. The van der Waals surface area contributed by atoms with Gasteiger partial charge in [-0.2, -0.15) is 0 Å². The molecule has 17 heavy (non-hydrogen) atoms. The largest absolute Gasteiger partial charge is 1.00 e. The topological polar surface area (TPSA) is 18.8 Å². The third-order valence-electron chi connectivity index (χ3n) is 3.55. The van der Waals surface area contributed by atoms with Gasteiger partial charge in [0.15, 0.2) is 5.71 Å². The molecule has 1 aromatic carbocycles. The summed E-state index contributed by atoms with van der Waals surface area (Å²) < 4.78 is 2.31. The monoisotopic (exact) mass is 360 g/mol. The maximum absolute atomic E-state index is 6.21. The maximum atomic E-state index is 6.21. The highest BCUT2D eigenvalue weighted by Gasteiger charge is 2.21. The van der Waals surface area contributed by atoms with Gasteiger partial charge in [-0.3, -0.25) is 0 Å². The van der Waals surface area contributed by atoms with Gasteiger partial charge in [0, 0.05) is 24.9 Å². The summed E-state index contributed by atoms with van der Waals surface area (Å²) in [5.74, 6) is 0. The molecule has 0 spiro atoms. The van der Waals surface area contributed by atoms with Gasteiger partial charge in [-0.25, -0.2) is 4.58 Å². The standard InChI is InChI=1S/C13H13ClN2.HI/c1-8-10-3-4-11(14)13-12(10)9(7-15-13)5-6-16(8)2;/h3-4,7H,5-6H2,1-2H3;1H. The summed E-state index contributed by atoms with van der Waals surface area (Å²) in [6, 6.07) is 4.10. The number of rotatable bonds is 0.